The third kappa shape index (κ3) is 16.5. The van der Waals surface area contributed by atoms with Crippen LogP contribution in [0.25, 0.3) is 0 Å². The van der Waals surface area contributed by atoms with E-state index in [-0.39, 0.29) is 84.0 Å². The van der Waals surface area contributed by atoms with Crippen molar-refractivity contribution in [1.29, 1.82) is 0 Å². The zero-order valence-corrected chi connectivity index (χ0v) is 51.7. The Morgan fingerprint density at radius 3 is 1.45 bits per heavy atom. The van der Waals surface area contributed by atoms with Crippen LogP contribution in [0, 0.1) is 0 Å². The van der Waals surface area contributed by atoms with Gasteiger partial charge in [0.2, 0.25) is 0 Å². The normalized spacial score (nSPS) is 19.9. The lowest BCUT2D eigenvalue weighted by Gasteiger charge is -2.45. The number of urea groups is 2. The van der Waals surface area contributed by atoms with Crippen LogP contribution < -0.4 is 22.1 Å². The first-order valence-electron chi connectivity index (χ1n) is 30.1. The number of fused-ring (bicyclic) bond motifs is 2. The van der Waals surface area contributed by atoms with Crippen molar-refractivity contribution in [2.45, 2.75) is 120 Å². The molecule has 6 heterocycles. The molecule has 21 nitrogen and oxygen atoms in total. The van der Waals surface area contributed by atoms with Crippen molar-refractivity contribution in [3.63, 3.8) is 0 Å². The van der Waals surface area contributed by atoms with E-state index in [2.05, 4.69) is 20.4 Å². The number of rotatable bonds is 12. The number of ether oxygens (including phenoxy) is 2. The van der Waals surface area contributed by atoms with Crippen molar-refractivity contribution in [3.05, 3.63) is 116 Å². The summed E-state index contributed by atoms with van der Waals surface area (Å²) in [6.45, 7) is 5.44. The molecule has 4 aromatic rings. The molecule has 10 rings (SSSR count). The number of carboxylic acid groups (broad SMARTS) is 1. The quantitative estimate of drug-likeness (QED) is 0.0654. The molecule has 4 saturated heterocycles. The number of nitrogens with two attached hydrogens (primary N) is 2. The summed E-state index contributed by atoms with van der Waals surface area (Å²) >= 11 is 12.0. The average Bonchev–Trinajstić information content (AvgIpc) is 1.44. The Morgan fingerprint density at radius 1 is 0.604 bits per heavy atom. The van der Waals surface area contributed by atoms with Crippen LogP contribution in [-0.4, -0.2) is 197 Å². The summed E-state index contributed by atoms with van der Waals surface area (Å²) in [6.07, 6.45) is -9.96. The Balaban J connectivity index is 0.000000228. The first-order chi connectivity index (χ1) is 43.1. The first-order valence-corrected chi connectivity index (χ1v) is 30.9. The van der Waals surface area contributed by atoms with Crippen LogP contribution in [0.5, 0.6) is 0 Å². The number of halogens is 8. The Bertz CT molecular complexity index is 3360. The molecule has 0 aliphatic carbocycles. The molecule has 0 radical (unpaired) electrons. The van der Waals surface area contributed by atoms with Crippen LogP contribution in [0.2, 0.25) is 10.0 Å². The van der Waals surface area contributed by atoms with Crippen molar-refractivity contribution >= 4 is 87.9 Å². The maximum absolute atomic E-state index is 14.2. The number of ketones is 1. The van der Waals surface area contributed by atoms with Crippen LogP contribution in [0.1, 0.15) is 78.8 Å². The molecule has 0 unspecified atom stereocenters. The number of amides is 7. The van der Waals surface area contributed by atoms with Gasteiger partial charge in [-0.05, 0) is 137 Å². The summed E-state index contributed by atoms with van der Waals surface area (Å²) < 4.78 is 92.8. The van der Waals surface area contributed by atoms with Gasteiger partial charge in [0.25, 0.3) is 5.91 Å². The SMILES string of the molecule is CC(=O)[C@@H](Cc1cc(Cl)c(N)c(C(F)(F)F)c1)OC(=O)N1CCC(N2CCc3ccccc3NC2=O)CC1.CN1CCC(N2CCN(C(=O)[C@@H](Cc3cc(Cl)c(N)c(C(F)(F)F)c3)OC(=O)N3CCC(N4CCc5ccccc5NC4=O)CC3)[C@H](C(=O)O)C2)CC1. The van der Waals surface area contributed by atoms with Gasteiger partial charge >= 0.3 is 42.6 Å². The largest absolute Gasteiger partial charge is 0.480 e. The number of piperidine rings is 3. The number of nitrogens with one attached hydrogen (secondary N) is 2. The number of carboxylic acids is 1. The minimum absolute atomic E-state index is 0.0274. The average molecular weight is 1320 g/mol. The van der Waals surface area contributed by atoms with Crippen LogP contribution in [-0.2, 0) is 61.9 Å². The second-order valence-corrected chi connectivity index (χ2v) is 24.6. The highest BCUT2D eigenvalue weighted by Gasteiger charge is 2.44. The number of Topliss-reactive ketones (excluding diaryl/α,β-unsaturated/α-hetero) is 1. The lowest BCUT2D eigenvalue weighted by Crippen LogP contribution is -2.63. The molecule has 6 aliphatic heterocycles. The summed E-state index contributed by atoms with van der Waals surface area (Å²) in [5, 5.41) is 15.5. The number of alkyl halides is 6. The van der Waals surface area contributed by atoms with Gasteiger partial charge in [-0.25, -0.2) is 24.0 Å². The number of hydrogen-bond donors (Lipinski definition) is 5. The first kappa shape index (κ1) is 67.6. The molecule has 91 heavy (non-hydrogen) atoms. The van der Waals surface area contributed by atoms with Crippen LogP contribution in [0.4, 0.5) is 68.3 Å². The maximum Gasteiger partial charge on any atom is 0.418 e. The lowest BCUT2D eigenvalue weighted by atomic mass is 9.99. The highest BCUT2D eigenvalue weighted by molar-refractivity contribution is 6.33. The van der Waals surface area contributed by atoms with E-state index in [0.717, 1.165) is 65.5 Å². The molecule has 0 saturated carbocycles. The number of carbonyl (C=O) groups is 7. The fourth-order valence-corrected chi connectivity index (χ4v) is 13.2. The van der Waals surface area contributed by atoms with Gasteiger partial charge in [-0.1, -0.05) is 59.6 Å². The van der Waals surface area contributed by atoms with Gasteiger partial charge in [-0.2, -0.15) is 26.3 Å². The van der Waals surface area contributed by atoms with Gasteiger partial charge in [0, 0.05) is 101 Å². The van der Waals surface area contributed by atoms with Gasteiger partial charge in [0.05, 0.1) is 32.5 Å². The second kappa shape index (κ2) is 28.8. The number of carbonyl (C=O) groups excluding carboxylic acids is 6. The van der Waals surface area contributed by atoms with Gasteiger partial charge in [0.1, 0.15) is 6.04 Å². The van der Waals surface area contributed by atoms with E-state index in [9.17, 15) is 65.0 Å². The van der Waals surface area contributed by atoms with Crippen molar-refractivity contribution in [2.75, 3.05) is 101 Å². The topological polar surface area (TPSA) is 257 Å². The smallest absolute Gasteiger partial charge is 0.418 e. The summed E-state index contributed by atoms with van der Waals surface area (Å²) in [4.78, 5) is 103. The summed E-state index contributed by atoms with van der Waals surface area (Å²) in [5.41, 5.74) is 11.2. The zero-order chi connectivity index (χ0) is 65.6. The van der Waals surface area contributed by atoms with E-state index in [4.69, 9.17) is 44.1 Å². The third-order valence-corrected chi connectivity index (χ3v) is 18.5. The number of nitrogens with zero attached hydrogens (tertiary/aromatic N) is 7. The minimum Gasteiger partial charge on any atom is -0.480 e. The van der Waals surface area contributed by atoms with Crippen LogP contribution >= 0.6 is 23.2 Å². The molecule has 7 N–H and O–H groups in total. The number of hydrogen-bond acceptors (Lipinski definition) is 13. The third-order valence-electron chi connectivity index (χ3n) is 17.8. The number of nitrogen functional groups attached to an aromatic ring is 2. The van der Waals surface area contributed by atoms with Crippen molar-refractivity contribution in [3.8, 4) is 0 Å². The van der Waals surface area contributed by atoms with Crippen molar-refractivity contribution in [1.82, 2.24) is 34.3 Å². The Morgan fingerprint density at radius 2 is 1.02 bits per heavy atom. The number of likely N-dealkylation sites (tertiary alicyclic amines) is 3. The van der Waals surface area contributed by atoms with Gasteiger partial charge in [-0.15, -0.1) is 0 Å². The lowest BCUT2D eigenvalue weighted by molar-refractivity contribution is -0.159. The Kier molecular flexibility index (Phi) is 21.4. The highest BCUT2D eigenvalue weighted by Crippen LogP contribution is 2.40. The fourth-order valence-electron chi connectivity index (χ4n) is 12.7. The predicted octanol–water partition coefficient (Wildman–Crippen LogP) is 9.37. The molecular formula is C62H73Cl2F6N11O10. The van der Waals surface area contributed by atoms with Crippen molar-refractivity contribution in [2.24, 2.45) is 0 Å². The Labute approximate surface area is 531 Å². The van der Waals surface area contributed by atoms with E-state index in [1.54, 1.807) is 9.80 Å². The van der Waals surface area contributed by atoms with Gasteiger partial charge in [0.15, 0.2) is 18.0 Å². The number of para-hydroxylation sites is 2. The highest BCUT2D eigenvalue weighted by atomic mass is 35.5. The number of piperazine rings is 1. The van der Waals surface area contributed by atoms with E-state index in [1.807, 2.05) is 55.6 Å². The van der Waals surface area contributed by atoms with E-state index in [1.165, 1.54) is 28.9 Å². The molecule has 0 bridgehead atoms. The molecule has 29 heteroatoms. The monoisotopic (exact) mass is 1320 g/mol. The number of anilines is 4. The minimum atomic E-state index is -4.85. The summed E-state index contributed by atoms with van der Waals surface area (Å²) in [5.74, 6) is -2.58. The molecule has 6 aliphatic rings. The van der Waals surface area contributed by atoms with Crippen LogP contribution in [0.15, 0.2) is 72.8 Å². The Hall–Kier alpha value is -7.75. The van der Waals surface area contributed by atoms with Gasteiger partial charge < -0.3 is 66.1 Å². The predicted molar refractivity (Wildman–Crippen MR) is 327 cm³/mol. The maximum atomic E-state index is 14.2. The fraction of sp³-hybridized carbons (Fsp3) is 0.500. The zero-order valence-electron chi connectivity index (χ0n) is 50.2. The van der Waals surface area contributed by atoms with Crippen molar-refractivity contribution < 1.29 is 74.5 Å². The van der Waals surface area contributed by atoms with Gasteiger partial charge in [-0.3, -0.25) is 14.5 Å². The number of benzene rings is 4. The van der Waals surface area contributed by atoms with Crippen LogP contribution in [0.3, 0.4) is 0 Å². The summed E-state index contributed by atoms with van der Waals surface area (Å²) in [7, 11) is 2.02. The standard InChI is InChI=1S/C36H45ClF3N7O6.C26H28ClF3N4O4/c1-43-11-7-24(8-12-43)45-16-17-47(29(21-45)33(49)50)32(48)30(20-22-18-26(36(38,39)40)31(41)27(37)19-22)53-35(52)44-13-9-25(10-14-44)46-15-6-23-4-2-3-5-28(23)42-34(46)51;1-15(35)22(14-16-12-19(26(28,29)30)23(31)20(27)13-16)38-25(37)33-9-7-18(8-10-33)34-11-6-17-4-2-3-5-21(17)32-24(34)36/h2-5,18-19,24-25,29-30H,6-17,20-21,41H2,1H3,(H,42,51)(H,49,50);2-5,12-13,18,22H,6-11,14,31H2,1H3,(H,32,36)/t29-,30+;22-/m01/s1. The molecule has 0 spiro atoms. The van der Waals surface area contributed by atoms with E-state index >= 15 is 0 Å². The molecule has 3 atom stereocenters. The van der Waals surface area contributed by atoms with E-state index < -0.39 is 89.4 Å². The molecule has 492 valence electrons. The van der Waals surface area contributed by atoms with E-state index in [0.29, 0.717) is 71.2 Å². The second-order valence-electron chi connectivity index (χ2n) is 23.7. The molecular weight excluding hydrogens is 1240 g/mol. The number of aliphatic carboxylic acids is 1. The molecule has 0 aromatic heterocycles. The molecule has 4 aromatic carbocycles. The summed E-state index contributed by atoms with van der Waals surface area (Å²) in [6, 6.07) is 17.4. The molecule has 4 fully saturated rings. The molecule has 7 amide bonds.